The molecule has 1 saturated heterocycles. The first kappa shape index (κ1) is 21.1. The second-order valence-corrected chi connectivity index (χ2v) is 9.34. The molecule has 3 heterocycles. The highest BCUT2D eigenvalue weighted by Crippen LogP contribution is 2.38. The third-order valence-corrected chi connectivity index (χ3v) is 7.32. The molecule has 6 heteroatoms. The average Bonchev–Trinajstić information content (AvgIpc) is 3.42. The fourth-order valence-corrected chi connectivity index (χ4v) is 5.73. The van der Waals surface area contributed by atoms with E-state index < -0.39 is 0 Å². The minimum Gasteiger partial charge on any atom is -0.383 e. The third kappa shape index (κ3) is 4.16. The van der Waals surface area contributed by atoms with Gasteiger partial charge in [-0.15, -0.1) is 11.3 Å². The number of rotatable bonds is 6. The fourth-order valence-electron chi connectivity index (χ4n) is 4.83. The summed E-state index contributed by atoms with van der Waals surface area (Å²) >= 11 is 1.77. The minimum absolute atomic E-state index is 0.0662. The van der Waals surface area contributed by atoms with Crippen LogP contribution in [0.5, 0.6) is 0 Å². The van der Waals surface area contributed by atoms with E-state index in [9.17, 15) is 9.59 Å². The van der Waals surface area contributed by atoms with E-state index in [0.29, 0.717) is 13.2 Å². The van der Waals surface area contributed by atoms with Crippen LogP contribution in [-0.4, -0.2) is 54.5 Å². The van der Waals surface area contributed by atoms with Gasteiger partial charge in [0.1, 0.15) is 0 Å². The Balaban J connectivity index is 1.51. The van der Waals surface area contributed by atoms with Crippen LogP contribution in [0.3, 0.4) is 0 Å². The summed E-state index contributed by atoms with van der Waals surface area (Å²) in [4.78, 5) is 31.7. The third-order valence-electron chi connectivity index (χ3n) is 6.32. The zero-order valence-corrected chi connectivity index (χ0v) is 18.6. The van der Waals surface area contributed by atoms with Crippen molar-refractivity contribution < 1.29 is 14.3 Å². The maximum Gasteiger partial charge on any atom is 0.226 e. The first-order valence-electron chi connectivity index (χ1n) is 10.8. The highest BCUT2D eigenvalue weighted by Gasteiger charge is 2.36. The second kappa shape index (κ2) is 9.31. The summed E-state index contributed by atoms with van der Waals surface area (Å²) in [5.41, 5.74) is 2.35. The summed E-state index contributed by atoms with van der Waals surface area (Å²) in [6.07, 6.45) is 3.12. The van der Waals surface area contributed by atoms with Crippen LogP contribution in [0.1, 0.15) is 48.2 Å². The van der Waals surface area contributed by atoms with Crippen LogP contribution < -0.4 is 0 Å². The van der Waals surface area contributed by atoms with Crippen LogP contribution in [0.15, 0.2) is 41.8 Å². The number of carbonyl (C=O) groups is 2. The molecule has 2 aliphatic heterocycles. The van der Waals surface area contributed by atoms with Gasteiger partial charge in [0.25, 0.3) is 0 Å². The molecule has 2 aromatic rings. The van der Waals surface area contributed by atoms with Gasteiger partial charge in [0.05, 0.1) is 18.7 Å². The Morgan fingerprint density at radius 2 is 1.97 bits per heavy atom. The number of nitrogens with zero attached hydrogens (tertiary/aromatic N) is 2. The molecule has 0 N–H and O–H groups in total. The van der Waals surface area contributed by atoms with E-state index in [0.717, 1.165) is 31.4 Å². The number of likely N-dealkylation sites (tertiary alicyclic amines) is 1. The molecule has 1 aromatic heterocycles. The molecule has 0 spiro atoms. The van der Waals surface area contributed by atoms with E-state index in [-0.39, 0.29) is 36.2 Å². The first-order valence-corrected chi connectivity index (χ1v) is 11.7. The molecular formula is C24H30N2O3S. The number of ether oxygens (including phenoxy) is 1. The van der Waals surface area contributed by atoms with Crippen LogP contribution in [0.25, 0.3) is 0 Å². The quantitative estimate of drug-likeness (QED) is 0.704. The summed E-state index contributed by atoms with van der Waals surface area (Å²) < 4.78 is 5.27. The molecule has 3 atom stereocenters. The summed E-state index contributed by atoms with van der Waals surface area (Å²) in [5, 5.41) is 2.12. The van der Waals surface area contributed by atoms with Gasteiger partial charge in [0, 0.05) is 37.4 Å². The van der Waals surface area contributed by atoms with E-state index in [1.54, 1.807) is 18.4 Å². The van der Waals surface area contributed by atoms with Crippen LogP contribution >= 0.6 is 11.3 Å². The molecule has 1 fully saturated rings. The minimum atomic E-state index is -0.340. The van der Waals surface area contributed by atoms with Crippen molar-refractivity contribution in [2.45, 2.75) is 44.7 Å². The van der Waals surface area contributed by atoms with E-state index in [1.165, 1.54) is 10.4 Å². The van der Waals surface area contributed by atoms with Crippen molar-refractivity contribution in [3.63, 3.8) is 0 Å². The van der Waals surface area contributed by atoms with Crippen molar-refractivity contribution in [2.24, 2.45) is 5.92 Å². The van der Waals surface area contributed by atoms with Crippen LogP contribution in [0.2, 0.25) is 0 Å². The lowest BCUT2D eigenvalue weighted by Gasteiger charge is -2.38. The zero-order chi connectivity index (χ0) is 21.1. The monoisotopic (exact) mass is 426 g/mol. The predicted octanol–water partition coefficient (Wildman–Crippen LogP) is 3.89. The Labute approximate surface area is 182 Å². The van der Waals surface area contributed by atoms with Crippen LogP contribution in [0, 0.1) is 5.92 Å². The van der Waals surface area contributed by atoms with E-state index in [4.69, 9.17) is 4.74 Å². The van der Waals surface area contributed by atoms with Crippen molar-refractivity contribution in [1.82, 2.24) is 9.80 Å². The number of carbonyl (C=O) groups excluding carboxylic acids is 2. The lowest BCUT2D eigenvalue weighted by atomic mass is 9.91. The molecule has 2 aliphatic rings. The number of hydrogen-bond donors (Lipinski definition) is 0. The summed E-state index contributed by atoms with van der Waals surface area (Å²) in [5.74, 6) is -0.205. The molecule has 4 rings (SSSR count). The maximum absolute atomic E-state index is 13.5. The Morgan fingerprint density at radius 3 is 2.73 bits per heavy atom. The van der Waals surface area contributed by atoms with Gasteiger partial charge in [0.2, 0.25) is 11.8 Å². The average molecular weight is 427 g/mol. The van der Waals surface area contributed by atoms with Crippen molar-refractivity contribution in [2.75, 3.05) is 26.8 Å². The molecule has 160 valence electrons. The predicted molar refractivity (Wildman–Crippen MR) is 118 cm³/mol. The largest absolute Gasteiger partial charge is 0.383 e. The molecule has 1 aromatic carbocycles. The van der Waals surface area contributed by atoms with E-state index >= 15 is 0 Å². The lowest BCUT2D eigenvalue weighted by molar-refractivity contribution is -0.142. The maximum atomic E-state index is 13.5. The van der Waals surface area contributed by atoms with Crippen molar-refractivity contribution >= 4 is 23.2 Å². The normalized spacial score (nSPS) is 22.1. The summed E-state index contributed by atoms with van der Waals surface area (Å²) in [6, 6.07) is 12.4. The highest BCUT2D eigenvalue weighted by atomic mass is 32.1. The SMILES string of the molecule is COCC1CCCN1C(=O)CC(C)C(=O)N1CCc2sccc2C1c1ccccc1. The molecule has 2 amide bonds. The van der Waals surface area contributed by atoms with Gasteiger partial charge in [-0.25, -0.2) is 0 Å². The van der Waals surface area contributed by atoms with Crippen LogP contribution in [0.4, 0.5) is 0 Å². The fraction of sp³-hybridized carbons (Fsp3) is 0.500. The van der Waals surface area contributed by atoms with E-state index in [1.807, 2.05) is 34.9 Å². The number of benzene rings is 1. The Morgan fingerprint density at radius 1 is 1.17 bits per heavy atom. The van der Waals surface area contributed by atoms with Gasteiger partial charge in [-0.3, -0.25) is 9.59 Å². The molecule has 5 nitrogen and oxygen atoms in total. The standard InChI is InChI=1S/C24H30N2O3S/c1-17(15-22(27)25-12-6-9-19(25)16-29-2)24(28)26-13-10-21-20(11-14-30-21)23(26)18-7-4-3-5-8-18/h3-5,7-8,11,14,17,19,23H,6,9-10,12-13,15-16H2,1-2H3. The smallest absolute Gasteiger partial charge is 0.226 e. The van der Waals surface area contributed by atoms with Gasteiger partial charge < -0.3 is 14.5 Å². The van der Waals surface area contributed by atoms with Gasteiger partial charge in [0.15, 0.2) is 0 Å². The summed E-state index contributed by atoms with van der Waals surface area (Å²) in [6.45, 7) is 3.92. The topological polar surface area (TPSA) is 49.9 Å². The van der Waals surface area contributed by atoms with Gasteiger partial charge in [-0.2, -0.15) is 0 Å². The zero-order valence-electron chi connectivity index (χ0n) is 17.8. The second-order valence-electron chi connectivity index (χ2n) is 8.34. The molecule has 0 bridgehead atoms. The Kier molecular flexibility index (Phi) is 6.54. The summed E-state index contributed by atoms with van der Waals surface area (Å²) in [7, 11) is 1.67. The molecule has 0 aliphatic carbocycles. The van der Waals surface area contributed by atoms with Crippen molar-refractivity contribution in [3.8, 4) is 0 Å². The number of methoxy groups -OCH3 is 1. The number of fused-ring (bicyclic) bond motifs is 1. The Bertz CT molecular complexity index is 882. The van der Waals surface area contributed by atoms with E-state index in [2.05, 4.69) is 23.6 Å². The number of hydrogen-bond acceptors (Lipinski definition) is 4. The Hall–Kier alpha value is -2.18. The van der Waals surface area contributed by atoms with Crippen LogP contribution in [-0.2, 0) is 20.7 Å². The molecule has 0 radical (unpaired) electrons. The molecule has 30 heavy (non-hydrogen) atoms. The van der Waals surface area contributed by atoms with Gasteiger partial charge >= 0.3 is 0 Å². The first-order chi connectivity index (χ1) is 14.6. The number of amides is 2. The van der Waals surface area contributed by atoms with Gasteiger partial charge in [-0.1, -0.05) is 37.3 Å². The molecular weight excluding hydrogens is 396 g/mol. The molecule has 0 saturated carbocycles. The highest BCUT2D eigenvalue weighted by molar-refractivity contribution is 7.10. The van der Waals surface area contributed by atoms with Crippen molar-refractivity contribution in [1.29, 1.82) is 0 Å². The van der Waals surface area contributed by atoms with Crippen molar-refractivity contribution in [3.05, 3.63) is 57.8 Å². The lowest BCUT2D eigenvalue weighted by Crippen LogP contribution is -2.44. The molecule has 3 unspecified atom stereocenters. The van der Waals surface area contributed by atoms with Gasteiger partial charge in [-0.05, 0) is 41.8 Å². The number of thiophene rings is 1.